The van der Waals surface area contributed by atoms with Gasteiger partial charge >= 0.3 is 0 Å². The number of nitrogens with one attached hydrogen (secondary N) is 1. The van der Waals surface area contributed by atoms with Crippen LogP contribution in [0.2, 0.25) is 10.0 Å². The summed E-state index contributed by atoms with van der Waals surface area (Å²) in [6.45, 7) is 1.34. The third kappa shape index (κ3) is 4.60. The normalized spacial score (nSPS) is 20.2. The van der Waals surface area contributed by atoms with Crippen LogP contribution in [0.3, 0.4) is 0 Å². The molecule has 2 aliphatic heterocycles. The number of fused-ring (bicyclic) bond motifs is 1. The second-order valence-electron chi connectivity index (χ2n) is 8.26. The van der Waals surface area contributed by atoms with Crippen molar-refractivity contribution in [3.8, 4) is 0 Å². The van der Waals surface area contributed by atoms with Crippen molar-refractivity contribution in [3.63, 3.8) is 0 Å². The van der Waals surface area contributed by atoms with E-state index in [4.69, 9.17) is 28.2 Å². The number of amides is 1. The zero-order valence-corrected chi connectivity index (χ0v) is 19.2. The maximum Gasteiger partial charge on any atom is 0.249 e. The molecule has 1 saturated heterocycles. The second-order valence-corrected chi connectivity index (χ2v) is 9.11. The maximum atomic E-state index is 13.1. The number of aliphatic hydroxyl groups is 1. The summed E-state index contributed by atoms with van der Waals surface area (Å²) >= 11 is 12.7. The van der Waals surface area contributed by atoms with E-state index in [0.717, 1.165) is 35.5 Å². The molecule has 2 atom stereocenters. The van der Waals surface area contributed by atoms with Gasteiger partial charge in [0.05, 0.1) is 17.5 Å². The molecule has 0 radical (unpaired) electrons. The third-order valence-electron chi connectivity index (χ3n) is 5.96. The number of anilines is 2. The standard InChI is InChI=1S/C25H22Cl2N4O2/c26-17-6-7-21-19(12-17)24(16-5-8-23(28-13-16)31-10-9-18(32)14-31)29-22(25(33)30-21)11-15-3-1-2-4-20(15)27/h1-8,12-13,18,22,32H,9-11,14H2,(H,30,33). The van der Waals surface area contributed by atoms with Crippen molar-refractivity contribution in [2.75, 3.05) is 23.3 Å². The number of aromatic nitrogens is 1. The predicted octanol–water partition coefficient (Wildman–Crippen LogP) is 4.36. The summed E-state index contributed by atoms with van der Waals surface area (Å²) in [5, 5.41) is 14.0. The molecule has 0 saturated carbocycles. The topological polar surface area (TPSA) is 77.8 Å². The Morgan fingerprint density at radius 2 is 1.97 bits per heavy atom. The molecule has 0 aliphatic carbocycles. The van der Waals surface area contributed by atoms with Crippen molar-refractivity contribution in [3.05, 3.63) is 87.5 Å². The van der Waals surface area contributed by atoms with E-state index in [1.54, 1.807) is 24.4 Å². The van der Waals surface area contributed by atoms with Crippen molar-refractivity contribution < 1.29 is 9.90 Å². The number of halogens is 2. The number of hydrogen-bond acceptors (Lipinski definition) is 5. The van der Waals surface area contributed by atoms with Gasteiger partial charge in [-0.1, -0.05) is 41.4 Å². The molecule has 0 bridgehead atoms. The van der Waals surface area contributed by atoms with Gasteiger partial charge in [-0.3, -0.25) is 9.79 Å². The van der Waals surface area contributed by atoms with Gasteiger partial charge in [0.1, 0.15) is 11.9 Å². The molecule has 5 rings (SSSR count). The van der Waals surface area contributed by atoms with Crippen LogP contribution in [0.15, 0.2) is 65.8 Å². The van der Waals surface area contributed by atoms with Gasteiger partial charge in [-0.2, -0.15) is 0 Å². The molecular weight excluding hydrogens is 459 g/mol. The summed E-state index contributed by atoms with van der Waals surface area (Å²) in [6, 6.07) is 16.0. The molecule has 8 heteroatoms. The van der Waals surface area contributed by atoms with Crippen molar-refractivity contribution in [1.29, 1.82) is 0 Å². The van der Waals surface area contributed by atoms with E-state index in [1.165, 1.54) is 0 Å². The quantitative estimate of drug-likeness (QED) is 0.581. The summed E-state index contributed by atoms with van der Waals surface area (Å²) < 4.78 is 0. The lowest BCUT2D eigenvalue weighted by molar-refractivity contribution is -0.117. The molecule has 168 valence electrons. The highest BCUT2D eigenvalue weighted by atomic mass is 35.5. The van der Waals surface area contributed by atoms with Crippen LogP contribution in [-0.4, -0.2) is 46.9 Å². The Morgan fingerprint density at radius 1 is 1.12 bits per heavy atom. The number of aliphatic hydroxyl groups excluding tert-OH is 1. The van der Waals surface area contributed by atoms with Crippen LogP contribution in [0.25, 0.3) is 0 Å². The highest BCUT2D eigenvalue weighted by Crippen LogP contribution is 2.29. The first-order chi connectivity index (χ1) is 16.0. The Hall–Kier alpha value is -2.93. The van der Waals surface area contributed by atoms with Crippen LogP contribution in [0.5, 0.6) is 0 Å². The predicted molar refractivity (Wildman–Crippen MR) is 132 cm³/mol. The van der Waals surface area contributed by atoms with Crippen molar-refractivity contribution in [2.24, 2.45) is 4.99 Å². The summed E-state index contributed by atoms with van der Waals surface area (Å²) in [5.74, 6) is 0.599. The van der Waals surface area contributed by atoms with Crippen LogP contribution in [-0.2, 0) is 11.2 Å². The minimum Gasteiger partial charge on any atom is -0.391 e. The highest BCUT2D eigenvalue weighted by molar-refractivity contribution is 6.32. The van der Waals surface area contributed by atoms with Crippen molar-refractivity contribution in [2.45, 2.75) is 25.0 Å². The molecule has 1 fully saturated rings. The van der Waals surface area contributed by atoms with E-state index >= 15 is 0 Å². The number of benzene rings is 2. The molecule has 33 heavy (non-hydrogen) atoms. The minimum absolute atomic E-state index is 0.205. The molecule has 2 unspecified atom stereocenters. The van der Waals surface area contributed by atoms with E-state index in [0.29, 0.717) is 34.4 Å². The number of β-amino-alcohol motifs (C(OH)–C–C–N with tert-alkyl or cyclic N) is 1. The van der Waals surface area contributed by atoms with Gasteiger partial charge < -0.3 is 15.3 Å². The van der Waals surface area contributed by atoms with E-state index in [2.05, 4.69) is 15.2 Å². The summed E-state index contributed by atoms with van der Waals surface area (Å²) in [7, 11) is 0. The molecule has 3 heterocycles. The van der Waals surface area contributed by atoms with E-state index < -0.39 is 6.04 Å². The lowest BCUT2D eigenvalue weighted by Crippen LogP contribution is -2.27. The van der Waals surface area contributed by atoms with Crippen LogP contribution >= 0.6 is 23.2 Å². The Labute approximate surface area is 201 Å². The minimum atomic E-state index is -0.667. The van der Waals surface area contributed by atoms with E-state index in [9.17, 15) is 9.90 Å². The van der Waals surface area contributed by atoms with Crippen molar-refractivity contribution in [1.82, 2.24) is 4.98 Å². The first-order valence-corrected chi connectivity index (χ1v) is 11.5. The van der Waals surface area contributed by atoms with Gasteiger partial charge in [0.15, 0.2) is 0 Å². The maximum absolute atomic E-state index is 13.1. The molecule has 2 N–H and O–H groups in total. The average molecular weight is 481 g/mol. The number of hydrogen-bond donors (Lipinski definition) is 2. The monoisotopic (exact) mass is 480 g/mol. The average Bonchev–Trinajstić information content (AvgIpc) is 3.20. The van der Waals surface area contributed by atoms with Crippen molar-refractivity contribution >= 4 is 46.3 Å². The molecule has 1 aromatic heterocycles. The molecule has 0 spiro atoms. The Balaban J connectivity index is 1.54. The van der Waals surface area contributed by atoms with Gasteiger partial charge in [0.2, 0.25) is 5.91 Å². The fraction of sp³-hybridized carbons (Fsp3) is 0.240. The number of nitrogens with zero attached hydrogens (tertiary/aromatic N) is 3. The fourth-order valence-electron chi connectivity index (χ4n) is 4.23. The van der Waals surface area contributed by atoms with E-state index in [1.807, 2.05) is 36.4 Å². The first-order valence-electron chi connectivity index (χ1n) is 10.8. The third-order valence-corrected chi connectivity index (χ3v) is 6.57. The van der Waals surface area contributed by atoms with Crippen LogP contribution in [0, 0.1) is 0 Å². The Morgan fingerprint density at radius 3 is 2.70 bits per heavy atom. The van der Waals surface area contributed by atoms with E-state index in [-0.39, 0.29) is 12.0 Å². The largest absolute Gasteiger partial charge is 0.391 e. The number of carbonyl (C=O) groups is 1. The van der Waals surface area contributed by atoms with Gasteiger partial charge in [-0.05, 0) is 48.4 Å². The summed E-state index contributed by atoms with van der Waals surface area (Å²) in [4.78, 5) is 24.6. The molecule has 6 nitrogen and oxygen atoms in total. The lowest BCUT2D eigenvalue weighted by Gasteiger charge is -2.17. The molecular formula is C25H22Cl2N4O2. The molecule has 3 aromatic rings. The molecule has 2 aliphatic rings. The summed E-state index contributed by atoms with van der Waals surface area (Å²) in [5.41, 5.74) is 3.67. The fourth-order valence-corrected chi connectivity index (χ4v) is 4.61. The number of benzodiazepines with no additional fused rings is 1. The smallest absolute Gasteiger partial charge is 0.249 e. The number of carbonyl (C=O) groups excluding carboxylic acids is 1. The highest BCUT2D eigenvalue weighted by Gasteiger charge is 2.27. The number of pyridine rings is 1. The van der Waals surface area contributed by atoms with Gasteiger partial charge in [-0.15, -0.1) is 0 Å². The van der Waals surface area contributed by atoms with Crippen LogP contribution in [0.1, 0.15) is 23.1 Å². The van der Waals surface area contributed by atoms with Gasteiger partial charge in [-0.25, -0.2) is 4.98 Å². The molecule has 1 amide bonds. The zero-order chi connectivity index (χ0) is 22.9. The Bertz CT molecular complexity index is 1230. The van der Waals surface area contributed by atoms with Crippen LogP contribution in [0.4, 0.5) is 11.5 Å². The van der Waals surface area contributed by atoms with Gasteiger partial charge in [0.25, 0.3) is 0 Å². The van der Waals surface area contributed by atoms with Crippen LogP contribution < -0.4 is 10.2 Å². The van der Waals surface area contributed by atoms with Gasteiger partial charge in [0, 0.05) is 46.9 Å². The number of rotatable bonds is 4. The molecule has 2 aromatic carbocycles. The second kappa shape index (κ2) is 9.14. The zero-order valence-electron chi connectivity index (χ0n) is 17.7. The lowest BCUT2D eigenvalue weighted by atomic mass is 10.0. The first kappa shape index (κ1) is 21.9. The number of aliphatic imine (C=N–C) groups is 1. The Kier molecular flexibility index (Phi) is 6.06. The SMILES string of the molecule is O=C1Nc2ccc(Cl)cc2C(c2ccc(N3CCC(O)C3)nc2)=NC1Cc1ccccc1Cl. The summed E-state index contributed by atoms with van der Waals surface area (Å²) in [6.07, 6.45) is 2.54.